The quantitative estimate of drug-likeness (QED) is 0.366. The molecule has 0 saturated heterocycles. The predicted octanol–water partition coefficient (Wildman–Crippen LogP) is 5.73. The number of hydrogen-bond donors (Lipinski definition) is 1. The van der Waals surface area contributed by atoms with Crippen molar-refractivity contribution in [2.45, 2.75) is 58.0 Å². The van der Waals surface area contributed by atoms with E-state index in [0.29, 0.717) is 5.92 Å². The van der Waals surface area contributed by atoms with E-state index < -0.39 is 5.60 Å². The summed E-state index contributed by atoms with van der Waals surface area (Å²) >= 11 is 1.71. The van der Waals surface area contributed by atoms with Crippen LogP contribution in [-0.4, -0.2) is 51.6 Å². The number of carbonyl (C=O) groups is 1. The van der Waals surface area contributed by atoms with E-state index in [1.807, 2.05) is 43.6 Å². The molecule has 0 radical (unpaired) electrons. The van der Waals surface area contributed by atoms with Crippen LogP contribution in [0.3, 0.4) is 0 Å². The van der Waals surface area contributed by atoms with Gasteiger partial charge in [-0.3, -0.25) is 4.79 Å². The first kappa shape index (κ1) is 24.2. The molecule has 7 heteroatoms. The van der Waals surface area contributed by atoms with E-state index in [1.54, 1.807) is 11.3 Å². The summed E-state index contributed by atoms with van der Waals surface area (Å²) in [6.45, 7) is 5.75. The second kappa shape index (κ2) is 10.2. The molecule has 3 aliphatic carbocycles. The van der Waals surface area contributed by atoms with Crippen molar-refractivity contribution < 1.29 is 9.53 Å². The SMILES string of the molecule is CC(C)C(=O)OC1(CCN(C)CCCc2nc3ccccc3[nH]2)CC2CCC1C=C2c1nccs1. The predicted molar refractivity (Wildman–Crippen MR) is 141 cm³/mol. The number of rotatable bonds is 10. The van der Waals surface area contributed by atoms with Gasteiger partial charge in [0, 0.05) is 36.9 Å². The van der Waals surface area contributed by atoms with Crippen LogP contribution < -0.4 is 0 Å². The minimum absolute atomic E-state index is 0.0747. The highest BCUT2D eigenvalue weighted by atomic mass is 32.1. The number of H-pyrrole nitrogens is 1. The maximum Gasteiger partial charge on any atom is 0.308 e. The Morgan fingerprint density at radius 1 is 1.29 bits per heavy atom. The first-order valence-electron chi connectivity index (χ1n) is 12.9. The first-order chi connectivity index (χ1) is 16.9. The van der Waals surface area contributed by atoms with Crippen molar-refractivity contribution in [1.29, 1.82) is 0 Å². The molecule has 1 N–H and O–H groups in total. The number of esters is 1. The van der Waals surface area contributed by atoms with Gasteiger partial charge in [0.25, 0.3) is 0 Å². The number of carbonyl (C=O) groups excluding carboxylic acids is 1. The highest BCUT2D eigenvalue weighted by Gasteiger charge is 2.50. The van der Waals surface area contributed by atoms with Crippen LogP contribution in [0.1, 0.15) is 56.8 Å². The Balaban J connectivity index is 1.22. The molecule has 3 atom stereocenters. The molecule has 35 heavy (non-hydrogen) atoms. The third-order valence-corrected chi connectivity index (χ3v) is 8.50. The van der Waals surface area contributed by atoms with Gasteiger partial charge >= 0.3 is 5.97 Å². The minimum Gasteiger partial charge on any atom is -0.458 e. The Bertz CT molecular complexity index is 1150. The van der Waals surface area contributed by atoms with Crippen LogP contribution in [0.2, 0.25) is 0 Å². The maximum absolute atomic E-state index is 12.8. The molecule has 1 aromatic carbocycles. The van der Waals surface area contributed by atoms with Gasteiger partial charge in [0.2, 0.25) is 0 Å². The number of aryl methyl sites for hydroxylation is 1. The monoisotopic (exact) mass is 492 g/mol. The van der Waals surface area contributed by atoms with Crippen molar-refractivity contribution in [3.05, 3.63) is 52.8 Å². The van der Waals surface area contributed by atoms with Gasteiger partial charge in [-0.25, -0.2) is 9.97 Å². The van der Waals surface area contributed by atoms with Crippen LogP contribution in [-0.2, 0) is 16.0 Å². The molecule has 2 bridgehead atoms. The molecule has 0 aliphatic heterocycles. The standard InChI is InChI=1S/C28H36N4O2S/c1-19(2)27(33)34-28(18-20-10-11-21(28)17-22(20)26-29-13-16-35-26)12-15-32(3)14-6-9-25-30-23-7-4-5-8-24(23)31-25/h4-5,7-8,13,16-17,19-21H,6,9-12,14-15,18H2,1-3H3,(H,30,31). The molecule has 2 aromatic heterocycles. The number of nitrogens with zero attached hydrogens (tertiary/aromatic N) is 3. The molecule has 0 spiro atoms. The number of fused-ring (bicyclic) bond motifs is 3. The largest absolute Gasteiger partial charge is 0.458 e. The summed E-state index contributed by atoms with van der Waals surface area (Å²) in [5.74, 6) is 1.54. The second-order valence-corrected chi connectivity index (χ2v) is 11.4. The van der Waals surface area contributed by atoms with Gasteiger partial charge in [-0.1, -0.05) is 32.1 Å². The highest BCUT2D eigenvalue weighted by Crippen LogP contribution is 2.53. The lowest BCUT2D eigenvalue weighted by Crippen LogP contribution is -2.51. The van der Waals surface area contributed by atoms with Crippen molar-refractivity contribution in [3.8, 4) is 0 Å². The molecule has 6 rings (SSSR count). The van der Waals surface area contributed by atoms with Crippen LogP contribution in [0, 0.1) is 17.8 Å². The van der Waals surface area contributed by atoms with E-state index in [2.05, 4.69) is 34.1 Å². The molecule has 0 amide bonds. The molecular weight excluding hydrogens is 456 g/mol. The summed E-state index contributed by atoms with van der Waals surface area (Å²) in [5.41, 5.74) is 3.09. The number of aromatic amines is 1. The number of para-hydroxylation sites is 2. The molecule has 3 unspecified atom stereocenters. The smallest absolute Gasteiger partial charge is 0.308 e. The van der Waals surface area contributed by atoms with Crippen LogP contribution in [0.5, 0.6) is 0 Å². The molecule has 3 aromatic rings. The Morgan fingerprint density at radius 3 is 2.86 bits per heavy atom. The van der Waals surface area contributed by atoms with E-state index in [9.17, 15) is 4.79 Å². The van der Waals surface area contributed by atoms with Crippen LogP contribution in [0.25, 0.3) is 16.6 Å². The van der Waals surface area contributed by atoms with E-state index >= 15 is 0 Å². The highest BCUT2D eigenvalue weighted by molar-refractivity contribution is 7.10. The molecule has 3 aliphatic rings. The van der Waals surface area contributed by atoms with Crippen molar-refractivity contribution in [1.82, 2.24) is 19.9 Å². The molecular formula is C28H36N4O2S. The Kier molecular flexibility index (Phi) is 7.07. The minimum atomic E-state index is -0.405. The summed E-state index contributed by atoms with van der Waals surface area (Å²) in [6.07, 6.45) is 10.3. The van der Waals surface area contributed by atoms with E-state index in [1.165, 1.54) is 5.57 Å². The van der Waals surface area contributed by atoms with Gasteiger partial charge in [-0.2, -0.15) is 0 Å². The third kappa shape index (κ3) is 5.21. The zero-order chi connectivity index (χ0) is 24.4. The van der Waals surface area contributed by atoms with Crippen molar-refractivity contribution in [2.75, 3.05) is 20.1 Å². The molecule has 2 heterocycles. The summed E-state index contributed by atoms with van der Waals surface area (Å²) < 4.78 is 6.36. The van der Waals surface area contributed by atoms with Crippen LogP contribution >= 0.6 is 11.3 Å². The third-order valence-electron chi connectivity index (χ3n) is 7.68. The number of thiazole rings is 1. The van der Waals surface area contributed by atoms with Gasteiger partial charge in [-0.15, -0.1) is 11.3 Å². The van der Waals surface area contributed by atoms with Crippen molar-refractivity contribution >= 4 is 33.9 Å². The zero-order valence-corrected chi connectivity index (χ0v) is 21.8. The topological polar surface area (TPSA) is 71.1 Å². The lowest BCUT2D eigenvalue weighted by Gasteiger charge is -2.50. The Hall–Kier alpha value is -2.51. The fourth-order valence-electron chi connectivity index (χ4n) is 5.69. The number of ether oxygens (including phenoxy) is 1. The van der Waals surface area contributed by atoms with E-state index in [0.717, 1.165) is 73.5 Å². The van der Waals surface area contributed by atoms with Gasteiger partial charge in [0.1, 0.15) is 16.4 Å². The van der Waals surface area contributed by atoms with Crippen molar-refractivity contribution in [2.24, 2.45) is 17.8 Å². The lowest BCUT2D eigenvalue weighted by molar-refractivity contribution is -0.176. The number of imidazole rings is 1. The summed E-state index contributed by atoms with van der Waals surface area (Å²) in [5, 5.41) is 3.18. The molecule has 6 nitrogen and oxygen atoms in total. The molecule has 1 fully saturated rings. The number of aromatic nitrogens is 3. The fourth-order valence-corrected chi connectivity index (χ4v) is 6.43. The van der Waals surface area contributed by atoms with Gasteiger partial charge in [0.05, 0.1) is 17.0 Å². The van der Waals surface area contributed by atoms with E-state index in [4.69, 9.17) is 9.72 Å². The lowest BCUT2D eigenvalue weighted by atomic mass is 9.61. The summed E-state index contributed by atoms with van der Waals surface area (Å²) in [4.78, 5) is 27.8. The first-order valence-corrected chi connectivity index (χ1v) is 13.8. The van der Waals surface area contributed by atoms with Gasteiger partial charge in [-0.05, 0) is 62.9 Å². The van der Waals surface area contributed by atoms with Crippen LogP contribution in [0.4, 0.5) is 0 Å². The van der Waals surface area contributed by atoms with Gasteiger partial charge < -0.3 is 14.6 Å². The Morgan fingerprint density at radius 2 is 2.14 bits per heavy atom. The van der Waals surface area contributed by atoms with Gasteiger partial charge in [0.15, 0.2) is 0 Å². The molecule has 1 saturated carbocycles. The number of allylic oxidation sites excluding steroid dienone is 1. The van der Waals surface area contributed by atoms with E-state index in [-0.39, 0.29) is 17.8 Å². The summed E-state index contributed by atoms with van der Waals surface area (Å²) in [7, 11) is 2.18. The average Bonchev–Trinajstić information content (AvgIpc) is 3.53. The summed E-state index contributed by atoms with van der Waals surface area (Å²) in [6, 6.07) is 8.18. The molecule has 186 valence electrons. The maximum atomic E-state index is 12.8. The number of nitrogens with one attached hydrogen (secondary N) is 1. The number of hydrogen-bond acceptors (Lipinski definition) is 6. The van der Waals surface area contributed by atoms with Crippen LogP contribution in [0.15, 0.2) is 41.9 Å². The van der Waals surface area contributed by atoms with Crippen molar-refractivity contribution in [3.63, 3.8) is 0 Å². The fraction of sp³-hybridized carbons (Fsp3) is 0.536. The average molecular weight is 493 g/mol. The number of benzene rings is 1. The normalized spacial score (nSPS) is 23.9. The Labute approximate surface area is 211 Å². The zero-order valence-electron chi connectivity index (χ0n) is 21.0. The second-order valence-electron chi connectivity index (χ2n) is 10.5.